The lowest BCUT2D eigenvalue weighted by molar-refractivity contribution is -0.137. The third-order valence-corrected chi connectivity index (χ3v) is 2.76. The summed E-state index contributed by atoms with van der Waals surface area (Å²) in [4.78, 5) is 13.3. The highest BCUT2D eigenvalue weighted by Gasteiger charge is 2.32. The number of halogens is 3. The van der Waals surface area contributed by atoms with Gasteiger partial charge in [0.15, 0.2) is 0 Å². The molecule has 0 fully saturated rings. The van der Waals surface area contributed by atoms with Crippen molar-refractivity contribution in [3.8, 4) is 0 Å². The van der Waals surface area contributed by atoms with Crippen molar-refractivity contribution < 1.29 is 28.2 Å². The zero-order valence-electron chi connectivity index (χ0n) is 11.0. The summed E-state index contributed by atoms with van der Waals surface area (Å²) in [6, 6.07) is 2.53. The van der Waals surface area contributed by atoms with Crippen LogP contribution in [0.1, 0.15) is 15.9 Å². The van der Waals surface area contributed by atoms with E-state index in [2.05, 4.69) is 5.43 Å². The normalized spacial score (nSPS) is 11.3. The molecular weight excluding hydrogens is 291 g/mol. The SMILES string of the molecule is NNc1ccc(C(F)(F)F)cc1C(=O)N(CCO)CCO. The Labute approximate surface area is 118 Å². The van der Waals surface area contributed by atoms with Crippen molar-refractivity contribution in [3.05, 3.63) is 29.3 Å². The van der Waals surface area contributed by atoms with Gasteiger partial charge in [-0.1, -0.05) is 0 Å². The Bertz CT molecular complexity index is 488. The van der Waals surface area contributed by atoms with E-state index < -0.39 is 17.6 Å². The number of carbonyl (C=O) groups excluding carboxylic acids is 1. The van der Waals surface area contributed by atoms with Crippen LogP contribution in [-0.4, -0.2) is 47.3 Å². The Hall–Kier alpha value is -1.84. The molecule has 1 rings (SSSR count). The van der Waals surface area contributed by atoms with Crippen molar-refractivity contribution in [2.45, 2.75) is 6.18 Å². The number of benzene rings is 1. The maximum Gasteiger partial charge on any atom is 0.416 e. The predicted molar refractivity (Wildman–Crippen MR) is 69.3 cm³/mol. The number of nitrogens with one attached hydrogen (secondary N) is 1. The summed E-state index contributed by atoms with van der Waals surface area (Å²) < 4.78 is 38.1. The minimum atomic E-state index is -4.60. The fourth-order valence-electron chi connectivity index (χ4n) is 1.75. The number of hydrogen-bond acceptors (Lipinski definition) is 5. The minimum absolute atomic E-state index is 0.0221. The van der Waals surface area contributed by atoms with Crippen LogP contribution in [0.25, 0.3) is 0 Å². The summed E-state index contributed by atoms with van der Waals surface area (Å²) in [6.07, 6.45) is -4.60. The number of anilines is 1. The smallest absolute Gasteiger partial charge is 0.395 e. The van der Waals surface area contributed by atoms with E-state index in [9.17, 15) is 18.0 Å². The summed E-state index contributed by atoms with van der Waals surface area (Å²) in [5.41, 5.74) is 0.905. The lowest BCUT2D eigenvalue weighted by atomic mass is 10.1. The molecule has 1 amide bonds. The molecule has 0 spiro atoms. The van der Waals surface area contributed by atoms with Gasteiger partial charge in [0.2, 0.25) is 0 Å². The van der Waals surface area contributed by atoms with Crippen molar-refractivity contribution >= 4 is 11.6 Å². The number of nitrogen functional groups attached to an aromatic ring is 1. The molecule has 1 aromatic rings. The number of nitrogens with zero attached hydrogens (tertiary/aromatic N) is 1. The third kappa shape index (κ3) is 4.31. The van der Waals surface area contributed by atoms with E-state index in [1.165, 1.54) is 0 Å². The standard InChI is InChI=1S/C12H16F3N3O3/c13-12(14,15)8-1-2-10(17-16)9(7-8)11(21)18(3-5-19)4-6-20/h1-2,7,17,19-20H,3-6,16H2. The average Bonchev–Trinajstić information content (AvgIpc) is 2.44. The Morgan fingerprint density at radius 1 is 1.24 bits per heavy atom. The zero-order chi connectivity index (χ0) is 16.0. The molecule has 0 heterocycles. The van der Waals surface area contributed by atoms with E-state index in [-0.39, 0.29) is 37.6 Å². The zero-order valence-corrected chi connectivity index (χ0v) is 11.0. The molecule has 21 heavy (non-hydrogen) atoms. The highest BCUT2D eigenvalue weighted by molar-refractivity contribution is 5.99. The number of amides is 1. The number of rotatable bonds is 6. The Kier molecular flexibility index (Phi) is 5.94. The van der Waals surface area contributed by atoms with Crippen molar-refractivity contribution in [1.82, 2.24) is 4.90 Å². The monoisotopic (exact) mass is 307 g/mol. The van der Waals surface area contributed by atoms with Gasteiger partial charge in [-0.15, -0.1) is 0 Å². The number of aliphatic hydroxyl groups excluding tert-OH is 2. The summed E-state index contributed by atoms with van der Waals surface area (Å²) in [7, 11) is 0. The van der Waals surface area contributed by atoms with Gasteiger partial charge in [-0.05, 0) is 18.2 Å². The number of aliphatic hydroxyl groups is 2. The van der Waals surface area contributed by atoms with Gasteiger partial charge in [0, 0.05) is 13.1 Å². The fourth-order valence-corrected chi connectivity index (χ4v) is 1.75. The van der Waals surface area contributed by atoms with E-state index in [4.69, 9.17) is 16.1 Å². The molecule has 0 radical (unpaired) electrons. The molecule has 0 aliphatic heterocycles. The third-order valence-electron chi connectivity index (χ3n) is 2.76. The Morgan fingerprint density at radius 2 is 1.81 bits per heavy atom. The van der Waals surface area contributed by atoms with Gasteiger partial charge < -0.3 is 20.5 Å². The van der Waals surface area contributed by atoms with Crippen molar-refractivity contribution in [3.63, 3.8) is 0 Å². The molecule has 9 heteroatoms. The number of nitrogens with two attached hydrogens (primary N) is 1. The summed E-state index contributed by atoms with van der Waals surface area (Å²) in [5, 5.41) is 17.7. The second-order valence-corrected chi connectivity index (χ2v) is 4.14. The van der Waals surface area contributed by atoms with Crippen LogP contribution >= 0.6 is 0 Å². The molecule has 5 N–H and O–H groups in total. The fraction of sp³-hybridized carbons (Fsp3) is 0.417. The predicted octanol–water partition coefficient (Wildman–Crippen LogP) is 0.418. The molecule has 0 bridgehead atoms. The first-order valence-electron chi connectivity index (χ1n) is 6.04. The maximum atomic E-state index is 12.7. The van der Waals surface area contributed by atoms with Gasteiger partial charge in [-0.25, -0.2) is 0 Å². The molecule has 0 saturated heterocycles. The van der Waals surface area contributed by atoms with Gasteiger partial charge in [0.05, 0.1) is 30.0 Å². The van der Waals surface area contributed by atoms with Crippen LogP contribution in [0.2, 0.25) is 0 Å². The molecule has 0 unspecified atom stereocenters. The first-order valence-corrected chi connectivity index (χ1v) is 6.04. The topological polar surface area (TPSA) is 98.8 Å². The lowest BCUT2D eigenvalue weighted by Crippen LogP contribution is -2.36. The molecule has 0 atom stereocenters. The van der Waals surface area contributed by atoms with Crippen LogP contribution in [0.3, 0.4) is 0 Å². The minimum Gasteiger partial charge on any atom is -0.395 e. The van der Waals surface area contributed by atoms with Crippen LogP contribution in [-0.2, 0) is 6.18 Å². The van der Waals surface area contributed by atoms with E-state index in [1.807, 2.05) is 0 Å². The van der Waals surface area contributed by atoms with Crippen molar-refractivity contribution in [2.75, 3.05) is 31.7 Å². The highest BCUT2D eigenvalue weighted by atomic mass is 19.4. The highest BCUT2D eigenvalue weighted by Crippen LogP contribution is 2.32. The van der Waals surface area contributed by atoms with Gasteiger partial charge in [0.25, 0.3) is 5.91 Å². The lowest BCUT2D eigenvalue weighted by Gasteiger charge is -2.22. The second kappa shape index (κ2) is 7.25. The number of hydrogen-bond donors (Lipinski definition) is 4. The van der Waals surface area contributed by atoms with E-state index in [0.29, 0.717) is 6.07 Å². The van der Waals surface area contributed by atoms with Crippen LogP contribution in [0.15, 0.2) is 18.2 Å². The van der Waals surface area contributed by atoms with Gasteiger partial charge >= 0.3 is 6.18 Å². The van der Waals surface area contributed by atoms with Gasteiger partial charge in [-0.3, -0.25) is 10.6 Å². The van der Waals surface area contributed by atoms with Gasteiger partial charge in [0.1, 0.15) is 0 Å². The molecule has 0 aliphatic rings. The summed E-state index contributed by atoms with van der Waals surface area (Å²) in [5.74, 6) is 4.43. The molecule has 1 aromatic carbocycles. The first kappa shape index (κ1) is 17.2. The quantitative estimate of drug-likeness (QED) is 0.451. The Balaban J connectivity index is 3.21. The molecular formula is C12H16F3N3O3. The van der Waals surface area contributed by atoms with Crippen LogP contribution in [0.5, 0.6) is 0 Å². The van der Waals surface area contributed by atoms with Crippen molar-refractivity contribution in [1.29, 1.82) is 0 Å². The maximum absolute atomic E-state index is 12.7. The molecule has 6 nitrogen and oxygen atoms in total. The van der Waals surface area contributed by atoms with Crippen molar-refractivity contribution in [2.24, 2.45) is 5.84 Å². The van der Waals surface area contributed by atoms with Crippen LogP contribution < -0.4 is 11.3 Å². The largest absolute Gasteiger partial charge is 0.416 e. The summed E-state index contributed by atoms with van der Waals surface area (Å²) in [6.45, 7) is -0.981. The van der Waals surface area contributed by atoms with E-state index >= 15 is 0 Å². The number of hydrazine groups is 1. The van der Waals surface area contributed by atoms with E-state index in [1.54, 1.807) is 0 Å². The first-order chi connectivity index (χ1) is 9.85. The van der Waals surface area contributed by atoms with Gasteiger partial charge in [-0.2, -0.15) is 13.2 Å². The average molecular weight is 307 g/mol. The molecule has 0 aliphatic carbocycles. The second-order valence-electron chi connectivity index (χ2n) is 4.14. The summed E-state index contributed by atoms with van der Waals surface area (Å²) >= 11 is 0. The molecule has 0 saturated carbocycles. The van der Waals surface area contributed by atoms with Crippen LogP contribution in [0, 0.1) is 0 Å². The number of carbonyl (C=O) groups is 1. The molecule has 0 aromatic heterocycles. The van der Waals surface area contributed by atoms with E-state index in [0.717, 1.165) is 17.0 Å². The molecule has 118 valence electrons. The Morgan fingerprint density at radius 3 is 2.24 bits per heavy atom. The number of alkyl halides is 3. The van der Waals surface area contributed by atoms with Crippen LogP contribution in [0.4, 0.5) is 18.9 Å².